The summed E-state index contributed by atoms with van der Waals surface area (Å²) in [6.07, 6.45) is 0.277. The molecule has 3 rings (SSSR count). The van der Waals surface area contributed by atoms with E-state index >= 15 is 0 Å². The second-order valence-electron chi connectivity index (χ2n) is 5.33. The summed E-state index contributed by atoms with van der Waals surface area (Å²) in [5, 5.41) is 10.2. The Morgan fingerprint density at radius 3 is 2.90 bits per heavy atom. The van der Waals surface area contributed by atoms with Crippen molar-refractivity contribution in [3.8, 4) is 10.4 Å². The van der Waals surface area contributed by atoms with Crippen molar-refractivity contribution in [3.05, 3.63) is 45.8 Å². The van der Waals surface area contributed by atoms with Gasteiger partial charge in [-0.1, -0.05) is 23.7 Å². The van der Waals surface area contributed by atoms with E-state index in [2.05, 4.69) is 0 Å². The van der Waals surface area contributed by atoms with Crippen molar-refractivity contribution in [1.29, 1.82) is 0 Å². The van der Waals surface area contributed by atoms with Gasteiger partial charge >= 0.3 is 0 Å². The van der Waals surface area contributed by atoms with E-state index in [1.807, 2.05) is 37.3 Å². The zero-order chi connectivity index (χ0) is 15.0. The zero-order valence-corrected chi connectivity index (χ0v) is 13.2. The fourth-order valence-electron chi connectivity index (χ4n) is 2.59. The van der Waals surface area contributed by atoms with Crippen molar-refractivity contribution >= 4 is 28.8 Å². The zero-order valence-electron chi connectivity index (χ0n) is 11.7. The summed E-state index contributed by atoms with van der Waals surface area (Å²) in [4.78, 5) is 16.0. The molecule has 0 unspecified atom stereocenters. The van der Waals surface area contributed by atoms with Gasteiger partial charge in [-0.3, -0.25) is 4.79 Å². The number of β-amino-alcohol motifs (C(OH)–C–C–N with tert-alkyl or cyclic N) is 1. The molecule has 1 amide bonds. The first kappa shape index (κ1) is 14.6. The van der Waals surface area contributed by atoms with Crippen molar-refractivity contribution in [3.63, 3.8) is 0 Å². The fraction of sp³-hybridized carbons (Fsp3) is 0.312. The molecule has 2 aromatic rings. The number of thiophene rings is 1. The minimum atomic E-state index is -0.387. The van der Waals surface area contributed by atoms with Crippen LogP contribution in [0.1, 0.15) is 21.7 Å². The number of hydrogen-bond donors (Lipinski definition) is 1. The van der Waals surface area contributed by atoms with Crippen LogP contribution < -0.4 is 0 Å². The molecule has 0 radical (unpaired) electrons. The summed E-state index contributed by atoms with van der Waals surface area (Å²) in [7, 11) is 0. The van der Waals surface area contributed by atoms with E-state index in [0.29, 0.717) is 24.5 Å². The van der Waals surface area contributed by atoms with Crippen molar-refractivity contribution < 1.29 is 9.90 Å². The van der Waals surface area contributed by atoms with E-state index in [1.54, 1.807) is 4.90 Å². The largest absolute Gasteiger partial charge is 0.391 e. The number of aliphatic hydroxyl groups excluding tert-OH is 1. The average molecular weight is 322 g/mol. The van der Waals surface area contributed by atoms with Crippen molar-refractivity contribution in [2.75, 3.05) is 13.1 Å². The normalized spacial score (nSPS) is 18.2. The van der Waals surface area contributed by atoms with Crippen LogP contribution in [0, 0.1) is 6.92 Å². The molecule has 0 aliphatic carbocycles. The number of carbonyl (C=O) groups excluding carboxylic acids is 1. The lowest BCUT2D eigenvalue weighted by molar-refractivity contribution is 0.0769. The molecule has 1 atom stereocenters. The Kier molecular flexibility index (Phi) is 4.02. The van der Waals surface area contributed by atoms with Gasteiger partial charge in [0.2, 0.25) is 0 Å². The number of nitrogens with zero attached hydrogens (tertiary/aromatic N) is 1. The third-order valence-corrected chi connectivity index (χ3v) is 5.18. The van der Waals surface area contributed by atoms with E-state index in [1.165, 1.54) is 11.3 Å². The molecule has 1 aliphatic heterocycles. The van der Waals surface area contributed by atoms with Gasteiger partial charge < -0.3 is 10.0 Å². The molecule has 1 aromatic heterocycles. The molecule has 1 saturated heterocycles. The van der Waals surface area contributed by atoms with Crippen LogP contribution in [0.25, 0.3) is 10.4 Å². The van der Waals surface area contributed by atoms with Crippen LogP contribution in [-0.4, -0.2) is 35.1 Å². The molecule has 3 nitrogen and oxygen atoms in total. The van der Waals surface area contributed by atoms with E-state index < -0.39 is 0 Å². The number of rotatable bonds is 2. The van der Waals surface area contributed by atoms with Crippen LogP contribution in [0.2, 0.25) is 5.02 Å². The molecule has 2 heterocycles. The number of amides is 1. The second-order valence-corrected chi connectivity index (χ2v) is 6.82. The summed E-state index contributed by atoms with van der Waals surface area (Å²) < 4.78 is 0. The summed E-state index contributed by atoms with van der Waals surface area (Å²) in [5.41, 5.74) is 2.11. The summed E-state index contributed by atoms with van der Waals surface area (Å²) in [6.45, 7) is 3.06. The topological polar surface area (TPSA) is 40.5 Å². The molecule has 1 aromatic carbocycles. The monoisotopic (exact) mass is 321 g/mol. The number of aryl methyl sites for hydroxylation is 1. The van der Waals surface area contributed by atoms with Crippen molar-refractivity contribution in [2.24, 2.45) is 0 Å². The van der Waals surface area contributed by atoms with Gasteiger partial charge in [-0.15, -0.1) is 11.3 Å². The Morgan fingerprint density at radius 1 is 1.43 bits per heavy atom. The van der Waals surface area contributed by atoms with E-state index in [0.717, 1.165) is 20.9 Å². The number of aliphatic hydroxyl groups is 1. The number of halogens is 1. The van der Waals surface area contributed by atoms with Gasteiger partial charge in [-0.05, 0) is 42.7 Å². The van der Waals surface area contributed by atoms with Gasteiger partial charge in [0.1, 0.15) is 0 Å². The van der Waals surface area contributed by atoms with Gasteiger partial charge in [0.15, 0.2) is 0 Å². The van der Waals surface area contributed by atoms with Crippen LogP contribution in [0.3, 0.4) is 0 Å². The Bertz CT molecular complexity index is 683. The predicted octanol–water partition coefficient (Wildman–Crippen LogP) is 3.58. The highest BCUT2D eigenvalue weighted by Crippen LogP contribution is 2.34. The predicted molar refractivity (Wildman–Crippen MR) is 86.0 cm³/mol. The van der Waals surface area contributed by atoms with E-state index in [9.17, 15) is 9.90 Å². The first-order valence-corrected chi connectivity index (χ1v) is 8.08. The standard InChI is InChI=1S/C16H16ClNO2S/c1-10-7-14(16(20)18-6-5-13(19)9-18)21-15(10)11-3-2-4-12(17)8-11/h2-4,7-8,13,19H,5-6,9H2,1H3/t13-/m1/s1. The van der Waals surface area contributed by atoms with E-state index in [-0.39, 0.29) is 12.0 Å². The summed E-state index contributed by atoms with van der Waals surface area (Å²) in [6, 6.07) is 9.58. The van der Waals surface area contributed by atoms with Gasteiger partial charge in [-0.25, -0.2) is 0 Å². The van der Waals surface area contributed by atoms with Gasteiger partial charge in [-0.2, -0.15) is 0 Å². The molecule has 110 valence electrons. The highest BCUT2D eigenvalue weighted by molar-refractivity contribution is 7.17. The lowest BCUT2D eigenvalue weighted by Gasteiger charge is -2.13. The quantitative estimate of drug-likeness (QED) is 0.918. The highest BCUT2D eigenvalue weighted by Gasteiger charge is 2.26. The van der Waals surface area contributed by atoms with Gasteiger partial charge in [0.05, 0.1) is 11.0 Å². The molecule has 1 fully saturated rings. The minimum Gasteiger partial charge on any atom is -0.391 e. The molecular formula is C16H16ClNO2S. The molecule has 5 heteroatoms. The molecule has 0 saturated carbocycles. The van der Waals surface area contributed by atoms with Crippen LogP contribution in [0.15, 0.2) is 30.3 Å². The number of benzene rings is 1. The Morgan fingerprint density at radius 2 is 2.24 bits per heavy atom. The minimum absolute atomic E-state index is 0.00734. The molecule has 1 N–H and O–H groups in total. The first-order chi connectivity index (χ1) is 10.0. The van der Waals surface area contributed by atoms with Crippen LogP contribution >= 0.6 is 22.9 Å². The highest BCUT2D eigenvalue weighted by atomic mass is 35.5. The SMILES string of the molecule is Cc1cc(C(=O)N2CC[C@@H](O)C2)sc1-c1cccc(Cl)c1. The van der Waals surface area contributed by atoms with Crippen molar-refractivity contribution in [2.45, 2.75) is 19.4 Å². The second kappa shape index (κ2) is 5.79. The van der Waals surface area contributed by atoms with Crippen LogP contribution in [0.5, 0.6) is 0 Å². The Balaban J connectivity index is 1.89. The maximum Gasteiger partial charge on any atom is 0.264 e. The number of carbonyl (C=O) groups is 1. The fourth-order valence-corrected chi connectivity index (χ4v) is 3.91. The molecule has 21 heavy (non-hydrogen) atoms. The van der Waals surface area contributed by atoms with Gasteiger partial charge in [0, 0.05) is 23.0 Å². The van der Waals surface area contributed by atoms with Crippen LogP contribution in [-0.2, 0) is 0 Å². The number of likely N-dealkylation sites (tertiary alicyclic amines) is 1. The molecule has 1 aliphatic rings. The lowest BCUT2D eigenvalue weighted by atomic mass is 10.1. The maximum atomic E-state index is 12.5. The molecular weight excluding hydrogens is 306 g/mol. The summed E-state index contributed by atoms with van der Waals surface area (Å²) >= 11 is 7.52. The maximum absolute atomic E-state index is 12.5. The molecule has 0 spiro atoms. The van der Waals surface area contributed by atoms with Crippen LogP contribution in [0.4, 0.5) is 0 Å². The third-order valence-electron chi connectivity index (χ3n) is 3.67. The summed E-state index contributed by atoms with van der Waals surface area (Å²) in [5.74, 6) is 0.00734. The number of hydrogen-bond acceptors (Lipinski definition) is 3. The van der Waals surface area contributed by atoms with Crippen molar-refractivity contribution in [1.82, 2.24) is 4.90 Å². The lowest BCUT2D eigenvalue weighted by Crippen LogP contribution is -2.28. The van der Waals surface area contributed by atoms with E-state index in [4.69, 9.17) is 11.6 Å². The smallest absolute Gasteiger partial charge is 0.264 e. The first-order valence-electron chi connectivity index (χ1n) is 6.88. The average Bonchev–Trinajstić information content (AvgIpc) is 3.04. The van der Waals surface area contributed by atoms with Gasteiger partial charge in [0.25, 0.3) is 5.91 Å². The Hall–Kier alpha value is -1.36. The third kappa shape index (κ3) is 2.98. The Labute approximate surface area is 132 Å². The molecule has 0 bridgehead atoms.